The number of nitrogens with zero attached hydrogens (tertiary/aromatic N) is 1. The second kappa shape index (κ2) is 6.77. The number of primary amides is 1. The van der Waals surface area contributed by atoms with Crippen molar-refractivity contribution in [1.82, 2.24) is 10.2 Å². The maximum absolute atomic E-state index is 12.0. The molecule has 1 aliphatic heterocycles. The largest absolute Gasteiger partial charge is 0.369 e. The number of nitrogens with one attached hydrogen (secondary N) is 1. The second-order valence-electron chi connectivity index (χ2n) is 5.98. The topological polar surface area (TPSA) is 75.4 Å². The highest BCUT2D eigenvalue weighted by atomic mass is 16.2. The number of allylic oxidation sites excluding steroid dienone is 1. The Balaban J connectivity index is 1.78. The summed E-state index contributed by atoms with van der Waals surface area (Å²) in [5.74, 6) is 0.313. The van der Waals surface area contributed by atoms with Gasteiger partial charge in [-0.25, -0.2) is 4.79 Å². The van der Waals surface area contributed by atoms with Crippen LogP contribution in [0, 0.1) is 11.8 Å². The first kappa shape index (κ1) is 14.9. The van der Waals surface area contributed by atoms with Crippen LogP contribution in [-0.4, -0.2) is 29.9 Å². The summed E-state index contributed by atoms with van der Waals surface area (Å²) >= 11 is 0. The Kier molecular flexibility index (Phi) is 5.04. The van der Waals surface area contributed by atoms with Gasteiger partial charge in [-0.1, -0.05) is 18.4 Å². The molecule has 5 heteroatoms. The number of carbonyl (C=O) groups is 2. The molecule has 1 saturated carbocycles. The monoisotopic (exact) mass is 279 g/mol. The van der Waals surface area contributed by atoms with Gasteiger partial charge in [0.15, 0.2) is 0 Å². The minimum atomic E-state index is -0.248. The van der Waals surface area contributed by atoms with E-state index in [1.165, 1.54) is 31.3 Å². The van der Waals surface area contributed by atoms with Crippen molar-refractivity contribution in [3.05, 3.63) is 11.8 Å². The molecule has 1 aliphatic carbocycles. The lowest BCUT2D eigenvalue weighted by atomic mass is 9.96. The van der Waals surface area contributed by atoms with Crippen LogP contribution in [0.5, 0.6) is 0 Å². The number of hydrogen-bond acceptors (Lipinski definition) is 2. The fraction of sp³-hybridized carbons (Fsp3) is 0.733. The molecule has 2 aliphatic rings. The summed E-state index contributed by atoms with van der Waals surface area (Å²) in [6.07, 6.45) is 8.28. The molecular formula is C15H25N3O2. The lowest BCUT2D eigenvalue weighted by Gasteiger charge is -2.30. The lowest BCUT2D eigenvalue weighted by molar-refractivity contribution is -0.122. The number of amides is 3. The minimum absolute atomic E-state index is 0.0646. The van der Waals surface area contributed by atoms with Gasteiger partial charge in [0.1, 0.15) is 0 Å². The summed E-state index contributed by atoms with van der Waals surface area (Å²) in [4.78, 5) is 24.9. The van der Waals surface area contributed by atoms with E-state index < -0.39 is 0 Å². The van der Waals surface area contributed by atoms with Crippen molar-refractivity contribution < 1.29 is 9.59 Å². The van der Waals surface area contributed by atoms with E-state index in [9.17, 15) is 9.59 Å². The number of nitrogens with two attached hydrogens (primary N) is 1. The first-order chi connectivity index (χ1) is 9.58. The smallest absolute Gasteiger partial charge is 0.321 e. The zero-order valence-electron chi connectivity index (χ0n) is 12.2. The van der Waals surface area contributed by atoms with E-state index in [-0.39, 0.29) is 17.9 Å². The minimum Gasteiger partial charge on any atom is -0.369 e. The van der Waals surface area contributed by atoms with Gasteiger partial charge in [0.25, 0.3) is 0 Å². The Labute approximate surface area is 120 Å². The molecule has 1 heterocycles. The molecule has 0 aromatic heterocycles. The maximum Gasteiger partial charge on any atom is 0.321 e. The molecule has 0 aromatic carbocycles. The quantitative estimate of drug-likeness (QED) is 0.829. The van der Waals surface area contributed by atoms with E-state index in [2.05, 4.69) is 12.2 Å². The molecule has 5 nitrogen and oxygen atoms in total. The third-order valence-corrected chi connectivity index (χ3v) is 4.61. The molecule has 0 radical (unpaired) electrons. The lowest BCUT2D eigenvalue weighted by Crippen LogP contribution is -2.45. The fourth-order valence-corrected chi connectivity index (χ4v) is 3.13. The summed E-state index contributed by atoms with van der Waals surface area (Å²) in [7, 11) is 0. The van der Waals surface area contributed by atoms with Crippen molar-refractivity contribution >= 4 is 11.9 Å². The fourth-order valence-electron chi connectivity index (χ4n) is 3.13. The standard InChI is InChI=1S/C15H25N3O2/c1-11(12-4-2-3-5-12)10-17-15(20)18-8-6-13(7-9-18)14(16)19/h10,12-13H,2-9H2,1H3,(H2,16,19)(H,17,20)/b11-10+. The zero-order valence-corrected chi connectivity index (χ0v) is 12.2. The number of likely N-dealkylation sites (tertiary alicyclic amines) is 1. The highest BCUT2D eigenvalue weighted by Gasteiger charge is 2.25. The van der Waals surface area contributed by atoms with Gasteiger partial charge in [-0.3, -0.25) is 4.79 Å². The SMILES string of the molecule is C/C(=C\NC(=O)N1CCC(C(N)=O)CC1)C1CCCC1. The molecule has 112 valence electrons. The van der Waals surface area contributed by atoms with Crippen LogP contribution in [-0.2, 0) is 4.79 Å². The molecule has 1 saturated heterocycles. The van der Waals surface area contributed by atoms with Gasteiger partial charge < -0.3 is 16.0 Å². The molecule has 2 fully saturated rings. The molecule has 0 atom stereocenters. The van der Waals surface area contributed by atoms with Gasteiger partial charge in [0, 0.05) is 25.2 Å². The normalized spacial score (nSPS) is 22.1. The van der Waals surface area contributed by atoms with E-state index in [1.807, 2.05) is 6.20 Å². The first-order valence-electron chi connectivity index (χ1n) is 7.59. The van der Waals surface area contributed by atoms with Gasteiger partial charge in [0.05, 0.1) is 0 Å². The second-order valence-corrected chi connectivity index (χ2v) is 5.98. The van der Waals surface area contributed by atoms with Crippen LogP contribution in [0.2, 0.25) is 0 Å². The van der Waals surface area contributed by atoms with Crippen LogP contribution in [0.25, 0.3) is 0 Å². The van der Waals surface area contributed by atoms with Crippen LogP contribution in [0.15, 0.2) is 11.8 Å². The van der Waals surface area contributed by atoms with Crippen molar-refractivity contribution in [2.24, 2.45) is 17.6 Å². The average Bonchev–Trinajstić information content (AvgIpc) is 2.98. The van der Waals surface area contributed by atoms with Crippen LogP contribution in [0.1, 0.15) is 45.4 Å². The molecular weight excluding hydrogens is 254 g/mol. The Bertz CT molecular complexity index is 392. The highest BCUT2D eigenvalue weighted by molar-refractivity contribution is 5.78. The van der Waals surface area contributed by atoms with E-state index in [4.69, 9.17) is 5.73 Å². The number of hydrogen-bond donors (Lipinski definition) is 2. The van der Waals surface area contributed by atoms with E-state index in [0.717, 1.165) is 0 Å². The molecule has 0 aromatic rings. The maximum atomic E-state index is 12.0. The van der Waals surface area contributed by atoms with Crippen molar-refractivity contribution in [2.75, 3.05) is 13.1 Å². The molecule has 3 amide bonds. The third kappa shape index (κ3) is 3.74. The van der Waals surface area contributed by atoms with Crippen LogP contribution < -0.4 is 11.1 Å². The van der Waals surface area contributed by atoms with Crippen molar-refractivity contribution in [1.29, 1.82) is 0 Å². The number of carbonyl (C=O) groups excluding carboxylic acids is 2. The van der Waals surface area contributed by atoms with Gasteiger partial charge >= 0.3 is 6.03 Å². The summed E-state index contributed by atoms with van der Waals surface area (Å²) < 4.78 is 0. The molecule has 0 bridgehead atoms. The van der Waals surface area contributed by atoms with Crippen molar-refractivity contribution in [3.63, 3.8) is 0 Å². The Morgan fingerprint density at radius 3 is 2.25 bits per heavy atom. The Morgan fingerprint density at radius 1 is 1.10 bits per heavy atom. The van der Waals surface area contributed by atoms with Crippen molar-refractivity contribution in [2.45, 2.75) is 45.4 Å². The summed E-state index contributed by atoms with van der Waals surface area (Å²) in [6.45, 7) is 3.31. The number of piperidine rings is 1. The van der Waals surface area contributed by atoms with Crippen molar-refractivity contribution in [3.8, 4) is 0 Å². The first-order valence-corrected chi connectivity index (χ1v) is 7.59. The van der Waals surface area contributed by atoms with Gasteiger partial charge in [-0.2, -0.15) is 0 Å². The predicted molar refractivity (Wildman–Crippen MR) is 77.7 cm³/mol. The molecule has 2 rings (SSSR count). The summed E-state index contributed by atoms with van der Waals surface area (Å²) in [5.41, 5.74) is 6.56. The molecule has 0 spiro atoms. The van der Waals surface area contributed by atoms with E-state index in [0.29, 0.717) is 31.8 Å². The molecule has 0 unspecified atom stereocenters. The van der Waals surface area contributed by atoms with Gasteiger partial charge in [-0.15, -0.1) is 0 Å². The molecule has 3 N–H and O–H groups in total. The summed E-state index contributed by atoms with van der Waals surface area (Å²) in [6, 6.07) is -0.0646. The van der Waals surface area contributed by atoms with E-state index in [1.54, 1.807) is 4.90 Å². The van der Waals surface area contributed by atoms with Crippen LogP contribution in [0.4, 0.5) is 4.79 Å². The zero-order chi connectivity index (χ0) is 14.5. The summed E-state index contributed by atoms with van der Waals surface area (Å²) in [5, 5.41) is 2.88. The Hall–Kier alpha value is -1.52. The number of rotatable bonds is 3. The van der Waals surface area contributed by atoms with Crippen LogP contribution in [0.3, 0.4) is 0 Å². The molecule has 20 heavy (non-hydrogen) atoms. The Morgan fingerprint density at radius 2 is 1.70 bits per heavy atom. The predicted octanol–water partition coefficient (Wildman–Crippen LogP) is 1.99. The number of urea groups is 1. The third-order valence-electron chi connectivity index (χ3n) is 4.61. The van der Waals surface area contributed by atoms with E-state index >= 15 is 0 Å². The average molecular weight is 279 g/mol. The highest BCUT2D eigenvalue weighted by Crippen LogP contribution is 2.30. The van der Waals surface area contributed by atoms with Gasteiger partial charge in [0.2, 0.25) is 5.91 Å². The van der Waals surface area contributed by atoms with Gasteiger partial charge in [-0.05, 0) is 38.5 Å². The van der Waals surface area contributed by atoms with Crippen LogP contribution >= 0.6 is 0 Å².